The summed E-state index contributed by atoms with van der Waals surface area (Å²) >= 11 is 0. The van der Waals surface area contributed by atoms with Gasteiger partial charge in [-0.25, -0.2) is 12.8 Å². The number of aryl methyl sites for hydroxylation is 1. The van der Waals surface area contributed by atoms with Gasteiger partial charge in [-0.1, -0.05) is 42.0 Å². The Hall–Kier alpha value is -2.99. The Morgan fingerprint density at radius 3 is 2.48 bits per heavy atom. The second-order valence-corrected chi connectivity index (χ2v) is 9.14. The van der Waals surface area contributed by atoms with Gasteiger partial charge in [-0.15, -0.1) is 0 Å². The molecule has 3 aromatic rings. The largest absolute Gasteiger partial charge is 0.298 e. The van der Waals surface area contributed by atoms with Crippen LogP contribution in [0, 0.1) is 12.7 Å². The van der Waals surface area contributed by atoms with Crippen LogP contribution in [0.25, 0.3) is 0 Å². The molecule has 0 radical (unpaired) electrons. The third-order valence-electron chi connectivity index (χ3n) is 5.29. The Morgan fingerprint density at radius 1 is 1.07 bits per heavy atom. The fourth-order valence-electron chi connectivity index (χ4n) is 3.91. The fraction of sp³-hybridized carbons (Fsp3) is 0.174. The topological polar surface area (TPSA) is 54.5 Å². The van der Waals surface area contributed by atoms with E-state index in [1.54, 1.807) is 48.5 Å². The molecule has 0 bridgehead atoms. The minimum absolute atomic E-state index is 0.201. The lowest BCUT2D eigenvalue weighted by atomic mass is 9.91. The Morgan fingerprint density at radius 2 is 1.79 bits per heavy atom. The van der Waals surface area contributed by atoms with Crippen molar-refractivity contribution in [2.24, 2.45) is 0 Å². The number of benzene rings is 3. The highest BCUT2D eigenvalue weighted by Crippen LogP contribution is 2.42. The molecule has 0 aromatic heterocycles. The molecule has 6 heteroatoms. The summed E-state index contributed by atoms with van der Waals surface area (Å²) in [5, 5.41) is 0. The van der Waals surface area contributed by atoms with Crippen LogP contribution >= 0.6 is 0 Å². The number of carbonyl (C=O) groups is 1. The van der Waals surface area contributed by atoms with E-state index < -0.39 is 10.0 Å². The summed E-state index contributed by atoms with van der Waals surface area (Å²) in [6.07, 6.45) is 1.19. The fourth-order valence-corrected chi connectivity index (χ4v) is 5.43. The van der Waals surface area contributed by atoms with E-state index in [2.05, 4.69) is 0 Å². The zero-order chi connectivity index (χ0) is 20.6. The lowest BCUT2D eigenvalue weighted by Gasteiger charge is -2.20. The number of aldehydes is 1. The maximum atomic E-state index is 13.6. The van der Waals surface area contributed by atoms with Crippen LogP contribution in [-0.4, -0.2) is 21.2 Å². The first-order valence-corrected chi connectivity index (χ1v) is 10.8. The van der Waals surface area contributed by atoms with Crippen molar-refractivity contribution >= 4 is 22.0 Å². The first-order valence-electron chi connectivity index (χ1n) is 9.32. The Balaban J connectivity index is 1.78. The standard InChI is InChI=1S/C23H20FNO3S/c1-16-8-10-21(11-9-16)29(27,28)25-14-19(12-17-4-2-6-20(24)13-17)23-18(15-26)5-3-7-22(23)25/h2-11,13,15,19H,12,14H2,1H3. The van der Waals surface area contributed by atoms with E-state index >= 15 is 0 Å². The van der Waals surface area contributed by atoms with Crippen LogP contribution in [0.5, 0.6) is 0 Å². The van der Waals surface area contributed by atoms with E-state index in [-0.39, 0.29) is 23.2 Å². The molecule has 3 aromatic carbocycles. The number of fused-ring (bicyclic) bond motifs is 1. The number of halogens is 1. The molecular formula is C23H20FNO3S. The summed E-state index contributed by atoms with van der Waals surface area (Å²) < 4.78 is 41.7. The molecule has 0 saturated heterocycles. The van der Waals surface area contributed by atoms with Gasteiger partial charge in [0.15, 0.2) is 0 Å². The van der Waals surface area contributed by atoms with Gasteiger partial charge in [0.25, 0.3) is 10.0 Å². The van der Waals surface area contributed by atoms with Crippen LogP contribution in [0.1, 0.15) is 33.0 Å². The molecule has 0 N–H and O–H groups in total. The number of carbonyl (C=O) groups excluding carboxylic acids is 1. The van der Waals surface area contributed by atoms with Crippen molar-refractivity contribution in [3.8, 4) is 0 Å². The van der Waals surface area contributed by atoms with Crippen LogP contribution in [-0.2, 0) is 16.4 Å². The molecule has 1 atom stereocenters. The molecule has 29 heavy (non-hydrogen) atoms. The second kappa shape index (κ2) is 7.44. The summed E-state index contributed by atoms with van der Waals surface area (Å²) in [6, 6.07) is 18.1. The highest BCUT2D eigenvalue weighted by molar-refractivity contribution is 7.92. The van der Waals surface area contributed by atoms with Gasteiger partial charge in [0.2, 0.25) is 0 Å². The number of sulfonamides is 1. The monoisotopic (exact) mass is 409 g/mol. The van der Waals surface area contributed by atoms with Gasteiger partial charge in [0.1, 0.15) is 12.1 Å². The van der Waals surface area contributed by atoms with Gasteiger partial charge >= 0.3 is 0 Å². The Kier molecular flexibility index (Phi) is 4.96. The van der Waals surface area contributed by atoms with Crippen molar-refractivity contribution in [3.63, 3.8) is 0 Å². The zero-order valence-electron chi connectivity index (χ0n) is 15.9. The van der Waals surface area contributed by atoms with Crippen LogP contribution in [0.4, 0.5) is 10.1 Å². The molecule has 1 aliphatic rings. The Labute approximate surface area is 169 Å². The number of nitrogens with zero attached hydrogens (tertiary/aromatic N) is 1. The van der Waals surface area contributed by atoms with Crippen molar-refractivity contribution in [2.75, 3.05) is 10.8 Å². The summed E-state index contributed by atoms with van der Waals surface area (Å²) in [5.74, 6) is -0.582. The van der Waals surface area contributed by atoms with Crippen LogP contribution in [0.3, 0.4) is 0 Å². The summed E-state index contributed by atoms with van der Waals surface area (Å²) in [4.78, 5) is 11.9. The first kappa shape index (κ1) is 19.3. The van der Waals surface area contributed by atoms with E-state index in [1.165, 1.54) is 16.4 Å². The van der Waals surface area contributed by atoms with Gasteiger partial charge in [-0.3, -0.25) is 9.10 Å². The lowest BCUT2D eigenvalue weighted by Crippen LogP contribution is -2.30. The molecule has 4 nitrogen and oxygen atoms in total. The summed E-state index contributed by atoms with van der Waals surface area (Å²) in [6.45, 7) is 2.10. The average molecular weight is 409 g/mol. The molecule has 1 unspecified atom stereocenters. The van der Waals surface area contributed by atoms with Crippen molar-refractivity contribution in [1.29, 1.82) is 0 Å². The molecule has 148 valence electrons. The number of hydrogen-bond acceptors (Lipinski definition) is 3. The summed E-state index contributed by atoms with van der Waals surface area (Å²) in [7, 11) is -3.78. The van der Waals surface area contributed by atoms with Crippen LogP contribution < -0.4 is 4.31 Å². The lowest BCUT2D eigenvalue weighted by molar-refractivity contribution is 0.112. The highest BCUT2D eigenvalue weighted by atomic mass is 32.2. The van der Waals surface area contributed by atoms with Gasteiger partial charge in [-0.05, 0) is 54.8 Å². The number of anilines is 1. The van der Waals surface area contributed by atoms with Gasteiger partial charge in [0.05, 0.1) is 10.6 Å². The SMILES string of the molecule is Cc1ccc(S(=O)(=O)N2CC(Cc3cccc(F)c3)c3c(C=O)cccc32)cc1. The van der Waals surface area contributed by atoms with E-state index in [9.17, 15) is 17.6 Å². The smallest absolute Gasteiger partial charge is 0.264 e. The third kappa shape index (κ3) is 3.56. The van der Waals surface area contributed by atoms with Crippen molar-refractivity contribution in [3.05, 3.63) is 94.8 Å². The van der Waals surface area contributed by atoms with E-state index in [4.69, 9.17) is 0 Å². The molecule has 0 fully saturated rings. The van der Waals surface area contributed by atoms with E-state index in [0.29, 0.717) is 23.2 Å². The minimum Gasteiger partial charge on any atom is -0.298 e. The second-order valence-electron chi connectivity index (χ2n) is 7.28. The summed E-state index contributed by atoms with van der Waals surface area (Å²) in [5.41, 5.74) is 3.40. The quantitative estimate of drug-likeness (QED) is 0.584. The molecule has 1 heterocycles. The zero-order valence-corrected chi connectivity index (χ0v) is 16.7. The normalized spacial score (nSPS) is 15.9. The van der Waals surface area contributed by atoms with Crippen molar-refractivity contribution < 1.29 is 17.6 Å². The van der Waals surface area contributed by atoms with Crippen LogP contribution in [0.15, 0.2) is 71.6 Å². The van der Waals surface area contributed by atoms with Gasteiger partial charge in [0, 0.05) is 18.0 Å². The average Bonchev–Trinajstić information content (AvgIpc) is 3.08. The number of hydrogen-bond donors (Lipinski definition) is 0. The molecule has 0 amide bonds. The molecule has 0 spiro atoms. The third-order valence-corrected chi connectivity index (χ3v) is 7.08. The van der Waals surface area contributed by atoms with Crippen molar-refractivity contribution in [1.82, 2.24) is 0 Å². The minimum atomic E-state index is -3.78. The van der Waals surface area contributed by atoms with Crippen molar-refractivity contribution in [2.45, 2.75) is 24.2 Å². The molecule has 0 saturated carbocycles. The maximum absolute atomic E-state index is 13.6. The number of rotatable bonds is 5. The van der Waals surface area contributed by atoms with Gasteiger partial charge < -0.3 is 0 Å². The molecule has 0 aliphatic carbocycles. The maximum Gasteiger partial charge on any atom is 0.264 e. The van der Waals surface area contributed by atoms with E-state index in [1.807, 2.05) is 13.0 Å². The van der Waals surface area contributed by atoms with Gasteiger partial charge in [-0.2, -0.15) is 0 Å². The predicted molar refractivity (Wildman–Crippen MR) is 110 cm³/mol. The molecule has 4 rings (SSSR count). The predicted octanol–water partition coefficient (Wildman–Crippen LogP) is 4.48. The molecule has 1 aliphatic heterocycles. The first-order chi connectivity index (χ1) is 13.9. The van der Waals surface area contributed by atoms with Crippen LogP contribution in [0.2, 0.25) is 0 Å². The van der Waals surface area contributed by atoms with E-state index in [0.717, 1.165) is 17.4 Å². The highest BCUT2D eigenvalue weighted by Gasteiger charge is 2.38. The Bertz CT molecular complexity index is 1170. The molecular weight excluding hydrogens is 389 g/mol.